The average Bonchev–Trinajstić information content (AvgIpc) is 2.85. The fraction of sp³-hybridized carbons (Fsp3) is 0.417. The van der Waals surface area contributed by atoms with Gasteiger partial charge in [-0.3, -0.25) is 9.59 Å². The van der Waals surface area contributed by atoms with Gasteiger partial charge in [-0.1, -0.05) is 18.2 Å². The van der Waals surface area contributed by atoms with Crippen LogP contribution in [0, 0.1) is 11.7 Å². The van der Waals surface area contributed by atoms with Gasteiger partial charge in [0, 0.05) is 37.8 Å². The van der Waals surface area contributed by atoms with E-state index in [2.05, 4.69) is 5.32 Å². The normalized spacial score (nSPS) is 20.4. The number of sulfonamides is 1. The second-order valence-corrected chi connectivity index (χ2v) is 10.5. The fourth-order valence-corrected chi connectivity index (χ4v) is 6.00. The van der Waals surface area contributed by atoms with Crippen LogP contribution in [0.5, 0.6) is 0 Å². The molecule has 2 aliphatic heterocycles. The summed E-state index contributed by atoms with van der Waals surface area (Å²) in [7, 11) is -3.78. The first-order valence-electron chi connectivity index (χ1n) is 11.2. The standard InChI is InChI=1S/C24H28FN3O4S/c25-20-8-10-22(11-9-20)33(31,32)28-14-4-7-19(17-28)24(30)27-15-12-21(13-16-27)26-23(29)18-5-2-1-3-6-18/h1-3,5-6,8-11,19,21H,4,7,12-17H2,(H,26,29)/t19-/m1/s1. The van der Waals surface area contributed by atoms with Gasteiger partial charge >= 0.3 is 0 Å². The number of hydrogen-bond acceptors (Lipinski definition) is 4. The number of carbonyl (C=O) groups excluding carboxylic acids is 2. The molecule has 2 saturated heterocycles. The number of halogens is 1. The van der Waals surface area contributed by atoms with E-state index in [0.29, 0.717) is 50.9 Å². The van der Waals surface area contributed by atoms with Gasteiger partial charge in [-0.2, -0.15) is 4.31 Å². The topological polar surface area (TPSA) is 86.8 Å². The Morgan fingerprint density at radius 1 is 0.909 bits per heavy atom. The van der Waals surface area contributed by atoms with Crippen molar-refractivity contribution in [2.45, 2.75) is 36.6 Å². The number of benzene rings is 2. The Bertz CT molecular complexity index is 1080. The summed E-state index contributed by atoms with van der Waals surface area (Å²) in [6.45, 7) is 1.53. The molecule has 0 aromatic heterocycles. The second kappa shape index (κ2) is 10.0. The summed E-state index contributed by atoms with van der Waals surface area (Å²) >= 11 is 0. The van der Waals surface area contributed by atoms with Gasteiger partial charge in [-0.25, -0.2) is 12.8 Å². The highest BCUT2D eigenvalue weighted by atomic mass is 32.2. The third-order valence-electron chi connectivity index (χ3n) is 6.36. The van der Waals surface area contributed by atoms with E-state index >= 15 is 0 Å². The minimum absolute atomic E-state index is 0.00321. The summed E-state index contributed by atoms with van der Waals surface area (Å²) in [5.41, 5.74) is 0.612. The number of nitrogens with zero attached hydrogens (tertiary/aromatic N) is 2. The molecule has 0 saturated carbocycles. The summed E-state index contributed by atoms with van der Waals surface area (Å²) in [5.74, 6) is -1.05. The molecule has 7 nitrogen and oxygen atoms in total. The van der Waals surface area contributed by atoms with E-state index < -0.39 is 21.8 Å². The van der Waals surface area contributed by atoms with Crippen molar-refractivity contribution in [3.05, 3.63) is 66.0 Å². The zero-order valence-electron chi connectivity index (χ0n) is 18.3. The Hall–Kier alpha value is -2.78. The molecule has 2 aromatic rings. The zero-order valence-corrected chi connectivity index (χ0v) is 19.1. The van der Waals surface area contributed by atoms with Crippen molar-refractivity contribution in [1.29, 1.82) is 0 Å². The quantitative estimate of drug-likeness (QED) is 0.723. The maximum atomic E-state index is 13.2. The molecule has 0 radical (unpaired) electrons. The van der Waals surface area contributed by atoms with Crippen LogP contribution in [-0.2, 0) is 14.8 Å². The molecule has 9 heteroatoms. The van der Waals surface area contributed by atoms with Crippen molar-refractivity contribution in [1.82, 2.24) is 14.5 Å². The van der Waals surface area contributed by atoms with E-state index in [9.17, 15) is 22.4 Å². The first-order valence-corrected chi connectivity index (χ1v) is 12.7. The second-order valence-electron chi connectivity index (χ2n) is 8.60. The Kier molecular flexibility index (Phi) is 7.09. The van der Waals surface area contributed by atoms with Crippen LogP contribution in [0.25, 0.3) is 0 Å². The Balaban J connectivity index is 1.32. The highest BCUT2D eigenvalue weighted by molar-refractivity contribution is 7.89. The molecule has 0 aliphatic carbocycles. The van der Waals surface area contributed by atoms with Crippen molar-refractivity contribution >= 4 is 21.8 Å². The van der Waals surface area contributed by atoms with Crippen LogP contribution >= 0.6 is 0 Å². The molecule has 2 aliphatic rings. The van der Waals surface area contributed by atoms with Gasteiger partial charge in [0.25, 0.3) is 5.91 Å². The van der Waals surface area contributed by atoms with Crippen molar-refractivity contribution in [2.24, 2.45) is 5.92 Å². The lowest BCUT2D eigenvalue weighted by Crippen LogP contribution is -2.51. The van der Waals surface area contributed by atoms with Gasteiger partial charge in [0.1, 0.15) is 5.82 Å². The van der Waals surface area contributed by atoms with Gasteiger partial charge in [0.05, 0.1) is 10.8 Å². The Morgan fingerprint density at radius 2 is 1.58 bits per heavy atom. The van der Waals surface area contributed by atoms with Crippen molar-refractivity contribution in [3.8, 4) is 0 Å². The van der Waals surface area contributed by atoms with Gasteiger partial charge in [0.15, 0.2) is 0 Å². The van der Waals surface area contributed by atoms with E-state index in [1.165, 1.54) is 16.4 Å². The molecule has 0 spiro atoms. The van der Waals surface area contributed by atoms with Crippen LogP contribution in [0.4, 0.5) is 4.39 Å². The minimum atomic E-state index is -3.78. The molecular weight excluding hydrogens is 445 g/mol. The lowest BCUT2D eigenvalue weighted by Gasteiger charge is -2.37. The predicted octanol–water partition coefficient (Wildman–Crippen LogP) is 2.65. The number of carbonyl (C=O) groups is 2. The Morgan fingerprint density at radius 3 is 2.24 bits per heavy atom. The molecule has 33 heavy (non-hydrogen) atoms. The summed E-state index contributed by atoms with van der Waals surface area (Å²) in [6, 6.07) is 13.8. The van der Waals surface area contributed by atoms with Crippen molar-refractivity contribution in [3.63, 3.8) is 0 Å². The number of hydrogen-bond donors (Lipinski definition) is 1. The van der Waals surface area contributed by atoms with Gasteiger partial charge in [-0.15, -0.1) is 0 Å². The molecule has 2 heterocycles. The molecule has 2 amide bonds. The summed E-state index contributed by atoms with van der Waals surface area (Å²) < 4.78 is 40.4. The predicted molar refractivity (Wildman–Crippen MR) is 121 cm³/mol. The fourth-order valence-electron chi connectivity index (χ4n) is 4.48. The molecule has 2 fully saturated rings. The number of piperidine rings is 2. The van der Waals surface area contributed by atoms with E-state index in [1.807, 2.05) is 18.2 Å². The average molecular weight is 474 g/mol. The van der Waals surface area contributed by atoms with Crippen molar-refractivity contribution < 1.29 is 22.4 Å². The number of nitrogens with one attached hydrogen (secondary N) is 1. The SMILES string of the molecule is O=C(NC1CCN(C(=O)[C@@H]2CCCN(S(=O)(=O)c3ccc(F)cc3)C2)CC1)c1ccccc1. The largest absolute Gasteiger partial charge is 0.349 e. The highest BCUT2D eigenvalue weighted by Crippen LogP contribution is 2.26. The number of likely N-dealkylation sites (tertiary alicyclic amines) is 1. The van der Waals surface area contributed by atoms with Gasteiger partial charge < -0.3 is 10.2 Å². The molecule has 2 aromatic carbocycles. The van der Waals surface area contributed by atoms with Crippen LogP contribution in [0.2, 0.25) is 0 Å². The minimum Gasteiger partial charge on any atom is -0.349 e. The first kappa shape index (κ1) is 23.4. The molecule has 176 valence electrons. The van der Waals surface area contributed by atoms with Crippen LogP contribution < -0.4 is 5.32 Å². The van der Waals surface area contributed by atoms with Crippen LogP contribution in [-0.4, -0.2) is 61.7 Å². The Labute approximate surface area is 193 Å². The van der Waals surface area contributed by atoms with Crippen LogP contribution in [0.15, 0.2) is 59.5 Å². The monoisotopic (exact) mass is 473 g/mol. The smallest absolute Gasteiger partial charge is 0.251 e. The van der Waals surface area contributed by atoms with E-state index in [0.717, 1.165) is 12.1 Å². The zero-order chi connectivity index (χ0) is 23.4. The van der Waals surface area contributed by atoms with Crippen molar-refractivity contribution in [2.75, 3.05) is 26.2 Å². The van der Waals surface area contributed by atoms with E-state index in [1.54, 1.807) is 17.0 Å². The summed E-state index contributed by atoms with van der Waals surface area (Å²) in [5, 5.41) is 3.03. The maximum Gasteiger partial charge on any atom is 0.251 e. The lowest BCUT2D eigenvalue weighted by molar-refractivity contribution is -0.137. The third-order valence-corrected chi connectivity index (χ3v) is 8.24. The van der Waals surface area contributed by atoms with Gasteiger partial charge in [-0.05, 0) is 62.1 Å². The molecular formula is C24H28FN3O4S. The summed E-state index contributed by atoms with van der Waals surface area (Å²) in [6.07, 6.45) is 2.56. The molecule has 0 unspecified atom stereocenters. The van der Waals surface area contributed by atoms with Gasteiger partial charge in [0.2, 0.25) is 15.9 Å². The molecule has 0 bridgehead atoms. The maximum absolute atomic E-state index is 13.2. The summed E-state index contributed by atoms with van der Waals surface area (Å²) in [4.78, 5) is 27.3. The first-order chi connectivity index (χ1) is 15.8. The number of rotatable bonds is 5. The van der Waals surface area contributed by atoms with E-state index in [-0.39, 0.29) is 29.3 Å². The lowest BCUT2D eigenvalue weighted by atomic mass is 9.96. The number of amides is 2. The molecule has 1 N–H and O–H groups in total. The molecule has 1 atom stereocenters. The highest BCUT2D eigenvalue weighted by Gasteiger charge is 2.36. The molecule has 4 rings (SSSR count). The third kappa shape index (κ3) is 5.42. The van der Waals surface area contributed by atoms with E-state index in [4.69, 9.17) is 0 Å². The van der Waals surface area contributed by atoms with Crippen LogP contribution in [0.1, 0.15) is 36.0 Å². The van der Waals surface area contributed by atoms with Crippen LogP contribution in [0.3, 0.4) is 0 Å².